The fraction of sp³-hybridized carbons (Fsp3) is 0.524. The lowest BCUT2D eigenvalue weighted by Crippen LogP contribution is -2.33. The van der Waals surface area contributed by atoms with Gasteiger partial charge >= 0.3 is 12.1 Å². The first-order chi connectivity index (χ1) is 15.0. The number of nitrogens with zero attached hydrogens (tertiary/aromatic N) is 2. The highest BCUT2D eigenvalue weighted by atomic mass is 19.4. The second kappa shape index (κ2) is 9.78. The summed E-state index contributed by atoms with van der Waals surface area (Å²) >= 11 is 0. The van der Waals surface area contributed by atoms with E-state index in [1.807, 2.05) is 36.9 Å². The summed E-state index contributed by atoms with van der Waals surface area (Å²) in [5.41, 5.74) is 0.668. The Morgan fingerprint density at radius 2 is 1.94 bits per heavy atom. The highest BCUT2D eigenvalue weighted by Gasteiger charge is 2.39. The molecule has 2 atom stereocenters. The molecule has 2 saturated heterocycles. The smallest absolute Gasteiger partial charge is 0.475 e. The number of aryl methyl sites for hydroxylation is 2. The van der Waals surface area contributed by atoms with Gasteiger partial charge < -0.3 is 23.6 Å². The zero-order valence-electron chi connectivity index (χ0n) is 17.7. The molecule has 0 aromatic carbocycles. The molecule has 0 saturated carbocycles. The Hall–Kier alpha value is -2.79. The number of amides is 1. The molecule has 4 rings (SSSR count). The lowest BCUT2D eigenvalue weighted by atomic mass is 10.1. The van der Waals surface area contributed by atoms with Gasteiger partial charge in [0.05, 0.1) is 31.1 Å². The van der Waals surface area contributed by atoms with Gasteiger partial charge in [0.1, 0.15) is 17.3 Å². The number of carbonyl (C=O) groups is 2. The van der Waals surface area contributed by atoms with E-state index < -0.39 is 12.1 Å². The predicted molar refractivity (Wildman–Crippen MR) is 105 cm³/mol. The number of halogens is 3. The summed E-state index contributed by atoms with van der Waals surface area (Å²) in [6.07, 6.45) is -3.27. The summed E-state index contributed by atoms with van der Waals surface area (Å²) in [7, 11) is 0. The number of carboxylic acid groups (broad SMARTS) is 1. The Morgan fingerprint density at radius 1 is 1.22 bits per heavy atom. The molecule has 4 heterocycles. The van der Waals surface area contributed by atoms with E-state index in [-0.39, 0.29) is 12.0 Å². The zero-order valence-corrected chi connectivity index (χ0v) is 17.7. The topological polar surface area (TPSA) is 96.4 Å². The Balaban J connectivity index is 0.000000360. The normalized spacial score (nSPS) is 21.5. The van der Waals surface area contributed by atoms with Gasteiger partial charge in [-0.1, -0.05) is 0 Å². The van der Waals surface area contributed by atoms with Gasteiger partial charge in [0.2, 0.25) is 0 Å². The maximum Gasteiger partial charge on any atom is 0.490 e. The van der Waals surface area contributed by atoms with Gasteiger partial charge in [0, 0.05) is 32.1 Å². The molecule has 0 spiro atoms. The number of alkyl halides is 3. The van der Waals surface area contributed by atoms with Crippen LogP contribution in [0, 0.1) is 19.8 Å². The van der Waals surface area contributed by atoms with Crippen molar-refractivity contribution in [2.75, 3.05) is 32.8 Å². The summed E-state index contributed by atoms with van der Waals surface area (Å²) in [6.45, 7) is 8.37. The van der Waals surface area contributed by atoms with Gasteiger partial charge in [-0.3, -0.25) is 9.69 Å². The van der Waals surface area contributed by atoms with Crippen LogP contribution in [-0.2, 0) is 16.1 Å². The van der Waals surface area contributed by atoms with Crippen LogP contribution < -0.4 is 0 Å². The number of carbonyl (C=O) groups excluding carboxylic acids is 1. The van der Waals surface area contributed by atoms with Gasteiger partial charge in [-0.05, 0) is 32.0 Å². The molecule has 2 aliphatic rings. The van der Waals surface area contributed by atoms with Crippen molar-refractivity contribution in [3.8, 4) is 0 Å². The number of hydrogen-bond donors (Lipinski definition) is 1. The maximum atomic E-state index is 12.8. The molecule has 0 radical (unpaired) electrons. The molecule has 2 aliphatic heterocycles. The highest BCUT2D eigenvalue weighted by Crippen LogP contribution is 2.27. The molecule has 1 N–H and O–H groups in total. The first-order valence-corrected chi connectivity index (χ1v) is 10.1. The minimum Gasteiger partial charge on any atom is -0.475 e. The minimum atomic E-state index is -5.08. The zero-order chi connectivity index (χ0) is 23.5. The lowest BCUT2D eigenvalue weighted by molar-refractivity contribution is -0.192. The van der Waals surface area contributed by atoms with Crippen LogP contribution in [0.15, 0.2) is 33.3 Å². The summed E-state index contributed by atoms with van der Waals surface area (Å²) < 4.78 is 48.8. The summed E-state index contributed by atoms with van der Waals surface area (Å²) in [4.78, 5) is 26.0. The third-order valence-electron chi connectivity index (χ3n) is 5.37. The van der Waals surface area contributed by atoms with Crippen molar-refractivity contribution < 1.29 is 41.4 Å². The number of hydrogen-bond acceptors (Lipinski definition) is 6. The van der Waals surface area contributed by atoms with Crippen molar-refractivity contribution in [3.05, 3.63) is 47.3 Å². The van der Waals surface area contributed by atoms with E-state index in [2.05, 4.69) is 4.90 Å². The maximum absolute atomic E-state index is 12.8. The van der Waals surface area contributed by atoms with Crippen LogP contribution in [0.4, 0.5) is 13.2 Å². The Bertz CT molecular complexity index is 925. The van der Waals surface area contributed by atoms with E-state index in [4.69, 9.17) is 23.5 Å². The van der Waals surface area contributed by atoms with Crippen molar-refractivity contribution in [3.63, 3.8) is 0 Å². The largest absolute Gasteiger partial charge is 0.490 e. The van der Waals surface area contributed by atoms with Crippen LogP contribution in [0.5, 0.6) is 0 Å². The van der Waals surface area contributed by atoms with E-state index in [0.29, 0.717) is 30.4 Å². The fourth-order valence-electron chi connectivity index (χ4n) is 3.91. The average Bonchev–Trinajstić information content (AvgIpc) is 3.40. The Morgan fingerprint density at radius 3 is 2.50 bits per heavy atom. The van der Waals surface area contributed by atoms with E-state index in [0.717, 1.165) is 37.7 Å². The van der Waals surface area contributed by atoms with Gasteiger partial charge in [-0.25, -0.2) is 4.79 Å². The summed E-state index contributed by atoms with van der Waals surface area (Å²) in [5.74, 6) is 0.0461. The number of rotatable bonds is 3. The lowest BCUT2D eigenvalue weighted by Gasteiger charge is -2.22. The molecule has 0 bridgehead atoms. The molecule has 11 heteroatoms. The predicted octanol–water partition coefficient (Wildman–Crippen LogP) is 3.10. The number of carboxylic acids is 1. The second-order valence-corrected chi connectivity index (χ2v) is 7.82. The van der Waals surface area contributed by atoms with E-state index in [1.165, 1.54) is 0 Å². The molecule has 0 unspecified atom stereocenters. The van der Waals surface area contributed by atoms with Crippen LogP contribution in [0.1, 0.15) is 27.6 Å². The average molecular weight is 458 g/mol. The van der Waals surface area contributed by atoms with Gasteiger partial charge in [-0.2, -0.15) is 13.2 Å². The molecule has 176 valence electrons. The van der Waals surface area contributed by atoms with Crippen molar-refractivity contribution in [1.82, 2.24) is 9.80 Å². The van der Waals surface area contributed by atoms with Crippen LogP contribution in [-0.4, -0.2) is 71.8 Å². The van der Waals surface area contributed by atoms with Crippen LogP contribution in [0.25, 0.3) is 0 Å². The standard InChI is InChI=1S/C19H24N2O4.C2HF3O2/c1-13-8-17(14(2)25-13)19(22)21-10-15-9-20(5-7-24-18(15)12-21)11-16-4-3-6-23-16;3-2(4,5)1(6)7/h3-4,6,8,15,18H,5,7,9-12H2,1-2H3;(H,6,7)/t15-,18+;/m0./s1. The molecule has 0 aliphatic carbocycles. The van der Waals surface area contributed by atoms with E-state index in [9.17, 15) is 18.0 Å². The van der Waals surface area contributed by atoms with E-state index >= 15 is 0 Å². The third-order valence-corrected chi connectivity index (χ3v) is 5.37. The highest BCUT2D eigenvalue weighted by molar-refractivity contribution is 5.95. The number of aliphatic carboxylic acids is 1. The number of likely N-dealkylation sites (tertiary alicyclic amines) is 1. The van der Waals surface area contributed by atoms with Crippen molar-refractivity contribution >= 4 is 11.9 Å². The van der Waals surface area contributed by atoms with E-state index in [1.54, 1.807) is 6.26 Å². The number of fused-ring (bicyclic) bond motifs is 1. The minimum absolute atomic E-state index is 0.0450. The van der Waals surface area contributed by atoms with Gasteiger partial charge in [-0.15, -0.1) is 0 Å². The Kier molecular flexibility index (Phi) is 7.29. The molecule has 8 nitrogen and oxygen atoms in total. The fourth-order valence-corrected chi connectivity index (χ4v) is 3.91. The van der Waals surface area contributed by atoms with Gasteiger partial charge in [0.25, 0.3) is 5.91 Å². The Labute approximate surface area is 182 Å². The number of ether oxygens (including phenoxy) is 1. The third kappa shape index (κ3) is 5.92. The molecule has 2 aromatic heterocycles. The van der Waals surface area contributed by atoms with Crippen molar-refractivity contribution in [1.29, 1.82) is 0 Å². The second-order valence-electron chi connectivity index (χ2n) is 7.82. The first-order valence-electron chi connectivity index (χ1n) is 10.1. The molecule has 1 amide bonds. The van der Waals surface area contributed by atoms with Crippen molar-refractivity contribution in [2.24, 2.45) is 5.92 Å². The molecule has 32 heavy (non-hydrogen) atoms. The summed E-state index contributed by atoms with van der Waals surface area (Å²) in [5, 5.41) is 7.12. The van der Waals surface area contributed by atoms with Gasteiger partial charge in [0.15, 0.2) is 0 Å². The molecule has 2 aromatic rings. The quantitative estimate of drug-likeness (QED) is 0.755. The van der Waals surface area contributed by atoms with Crippen LogP contribution in [0.2, 0.25) is 0 Å². The van der Waals surface area contributed by atoms with Crippen LogP contribution >= 0.6 is 0 Å². The van der Waals surface area contributed by atoms with Crippen molar-refractivity contribution in [2.45, 2.75) is 32.7 Å². The molecular formula is C21H25F3N2O6. The number of furan rings is 2. The molecule has 2 fully saturated rings. The summed E-state index contributed by atoms with van der Waals surface area (Å²) in [6, 6.07) is 5.74. The molecular weight excluding hydrogens is 433 g/mol. The monoisotopic (exact) mass is 458 g/mol. The SMILES string of the molecule is Cc1cc(C(=O)N2C[C@@H]3CN(Cc4ccco4)CCO[C@@H]3C2)c(C)o1.O=C(O)C(F)(F)F. The first kappa shape index (κ1) is 23.9. The van der Waals surface area contributed by atoms with Crippen LogP contribution in [0.3, 0.4) is 0 Å².